The highest BCUT2D eigenvalue weighted by atomic mass is 35.5. The van der Waals surface area contributed by atoms with Gasteiger partial charge >= 0.3 is 0 Å². The van der Waals surface area contributed by atoms with Gasteiger partial charge in [0.1, 0.15) is 11.5 Å². The predicted molar refractivity (Wildman–Crippen MR) is 113 cm³/mol. The number of carbonyl (C=O) groups excluding carboxylic acids is 2. The second-order valence-electron chi connectivity index (χ2n) is 7.44. The zero-order chi connectivity index (χ0) is 21.1. The van der Waals surface area contributed by atoms with Gasteiger partial charge in [-0.2, -0.15) is 0 Å². The van der Waals surface area contributed by atoms with E-state index >= 15 is 0 Å². The van der Waals surface area contributed by atoms with Gasteiger partial charge in [-0.15, -0.1) is 5.10 Å². The molecule has 9 heteroatoms. The van der Waals surface area contributed by atoms with Crippen molar-refractivity contribution in [2.45, 2.75) is 46.1 Å². The van der Waals surface area contributed by atoms with Crippen LogP contribution >= 0.6 is 23.2 Å². The number of nitrogens with zero attached hydrogens (tertiary/aromatic N) is 4. The molecule has 2 amide bonds. The van der Waals surface area contributed by atoms with E-state index < -0.39 is 0 Å². The molecule has 1 fully saturated rings. The summed E-state index contributed by atoms with van der Waals surface area (Å²) in [5.74, 6) is 0.350. The van der Waals surface area contributed by atoms with E-state index in [-0.39, 0.29) is 29.6 Å². The normalized spacial score (nSPS) is 16.9. The largest absolute Gasteiger partial charge is 0.351 e. The summed E-state index contributed by atoms with van der Waals surface area (Å²) in [5.41, 5.74) is 0.514. The number of piperidine rings is 1. The lowest BCUT2D eigenvalue weighted by molar-refractivity contribution is -0.125. The van der Waals surface area contributed by atoms with Crippen molar-refractivity contribution in [1.82, 2.24) is 25.0 Å². The molecular weight excluding hydrogens is 413 g/mol. The van der Waals surface area contributed by atoms with E-state index in [9.17, 15) is 9.59 Å². The van der Waals surface area contributed by atoms with Crippen LogP contribution in [0, 0.1) is 5.92 Å². The Bertz CT molecular complexity index is 892. The van der Waals surface area contributed by atoms with Gasteiger partial charge in [-0.05, 0) is 25.0 Å². The summed E-state index contributed by atoms with van der Waals surface area (Å²) in [5, 5.41) is 8.30. The summed E-state index contributed by atoms with van der Waals surface area (Å²) in [6.45, 7) is 6.68. The maximum Gasteiger partial charge on any atom is 0.293 e. The van der Waals surface area contributed by atoms with Crippen molar-refractivity contribution >= 4 is 35.0 Å². The number of aryl methyl sites for hydroxylation is 1. The molecule has 0 bridgehead atoms. The first-order valence-corrected chi connectivity index (χ1v) is 10.6. The molecule has 3 rings (SSSR count). The third kappa shape index (κ3) is 4.73. The SMILES string of the molecule is CCc1nc(C(=O)N2CCCC(NC(=O)C(C)C)C2)nn1-c1c(Cl)cccc1Cl. The first-order valence-electron chi connectivity index (χ1n) is 9.81. The van der Waals surface area contributed by atoms with Crippen molar-refractivity contribution in [3.05, 3.63) is 39.9 Å². The van der Waals surface area contributed by atoms with Crippen molar-refractivity contribution in [2.75, 3.05) is 13.1 Å². The first-order chi connectivity index (χ1) is 13.8. The van der Waals surface area contributed by atoms with Crippen LogP contribution in [0.15, 0.2) is 18.2 Å². The van der Waals surface area contributed by atoms with E-state index in [1.165, 1.54) is 0 Å². The number of para-hydroxylation sites is 1. The number of hydrogen-bond acceptors (Lipinski definition) is 4. The standard InChI is InChI=1S/C20H25Cl2N5O2/c1-4-16-24-18(25-27(16)17-14(21)8-5-9-15(17)22)20(29)26-10-6-7-13(11-26)23-19(28)12(2)3/h5,8-9,12-13H,4,6-7,10-11H2,1-3H3,(H,23,28). The minimum absolute atomic E-state index is 0.00617. The summed E-state index contributed by atoms with van der Waals surface area (Å²) < 4.78 is 1.54. The van der Waals surface area contributed by atoms with Crippen LogP contribution in [0.4, 0.5) is 0 Å². The number of likely N-dealkylation sites (tertiary alicyclic amines) is 1. The monoisotopic (exact) mass is 437 g/mol. The average molecular weight is 438 g/mol. The molecule has 0 saturated carbocycles. The Labute approximate surface area is 180 Å². The fourth-order valence-corrected chi connectivity index (χ4v) is 3.88. The minimum Gasteiger partial charge on any atom is -0.351 e. The van der Waals surface area contributed by atoms with Crippen LogP contribution in [0.1, 0.15) is 50.1 Å². The van der Waals surface area contributed by atoms with Gasteiger partial charge in [0.15, 0.2) is 0 Å². The molecule has 7 nitrogen and oxygen atoms in total. The van der Waals surface area contributed by atoms with E-state index in [0.717, 1.165) is 12.8 Å². The average Bonchev–Trinajstić information content (AvgIpc) is 3.11. The maximum atomic E-state index is 13.1. The fourth-order valence-electron chi connectivity index (χ4n) is 3.32. The van der Waals surface area contributed by atoms with Crippen molar-refractivity contribution in [3.63, 3.8) is 0 Å². The molecule has 1 aliphatic rings. The molecule has 1 unspecified atom stereocenters. The highest BCUT2D eigenvalue weighted by molar-refractivity contribution is 6.37. The van der Waals surface area contributed by atoms with Crippen molar-refractivity contribution in [3.8, 4) is 5.69 Å². The van der Waals surface area contributed by atoms with Crippen molar-refractivity contribution in [2.24, 2.45) is 5.92 Å². The Morgan fingerprint density at radius 2 is 1.97 bits per heavy atom. The molecule has 0 radical (unpaired) electrons. The van der Waals surface area contributed by atoms with Gasteiger partial charge in [0, 0.05) is 31.5 Å². The number of halogens is 2. The molecule has 0 aliphatic carbocycles. The Morgan fingerprint density at radius 1 is 1.28 bits per heavy atom. The Kier molecular flexibility index (Phi) is 6.80. The molecule has 2 aromatic rings. The Balaban J connectivity index is 1.83. The van der Waals surface area contributed by atoms with Gasteiger partial charge in [0.05, 0.1) is 10.0 Å². The molecule has 0 spiro atoms. The van der Waals surface area contributed by atoms with E-state index in [1.807, 2.05) is 20.8 Å². The quantitative estimate of drug-likeness (QED) is 0.775. The molecule has 1 saturated heterocycles. The van der Waals surface area contributed by atoms with Crippen LogP contribution in [-0.4, -0.2) is 50.6 Å². The summed E-state index contributed by atoms with van der Waals surface area (Å²) in [4.78, 5) is 31.2. The van der Waals surface area contributed by atoms with Crippen LogP contribution < -0.4 is 5.32 Å². The highest BCUT2D eigenvalue weighted by Gasteiger charge is 2.29. The Morgan fingerprint density at radius 3 is 2.59 bits per heavy atom. The van der Waals surface area contributed by atoms with E-state index in [4.69, 9.17) is 23.2 Å². The molecule has 1 aromatic heterocycles. The number of rotatable bonds is 5. The molecule has 1 aliphatic heterocycles. The predicted octanol–water partition coefficient (Wildman–Crippen LogP) is 3.51. The molecule has 156 valence electrons. The zero-order valence-electron chi connectivity index (χ0n) is 16.8. The number of amides is 2. The maximum absolute atomic E-state index is 13.1. The second kappa shape index (κ2) is 9.13. The van der Waals surface area contributed by atoms with E-state index in [1.54, 1.807) is 27.8 Å². The van der Waals surface area contributed by atoms with Crippen LogP contribution in [0.2, 0.25) is 10.0 Å². The topological polar surface area (TPSA) is 80.1 Å². The van der Waals surface area contributed by atoms with Gasteiger partial charge in [0.25, 0.3) is 5.91 Å². The third-order valence-corrected chi connectivity index (χ3v) is 5.52. The highest BCUT2D eigenvalue weighted by Crippen LogP contribution is 2.29. The van der Waals surface area contributed by atoms with Gasteiger partial charge in [-0.3, -0.25) is 9.59 Å². The molecule has 1 aromatic carbocycles. The van der Waals surface area contributed by atoms with Gasteiger partial charge < -0.3 is 10.2 Å². The summed E-state index contributed by atoms with van der Waals surface area (Å²) >= 11 is 12.6. The number of nitrogens with one attached hydrogen (secondary N) is 1. The summed E-state index contributed by atoms with van der Waals surface area (Å²) in [6, 6.07) is 5.13. The molecule has 2 heterocycles. The second-order valence-corrected chi connectivity index (χ2v) is 8.26. The third-order valence-electron chi connectivity index (χ3n) is 4.91. The lowest BCUT2D eigenvalue weighted by Gasteiger charge is -2.32. The van der Waals surface area contributed by atoms with Crippen molar-refractivity contribution in [1.29, 1.82) is 0 Å². The lowest BCUT2D eigenvalue weighted by atomic mass is 10.0. The van der Waals surface area contributed by atoms with E-state index in [2.05, 4.69) is 15.4 Å². The Hall–Kier alpha value is -2.12. The number of carbonyl (C=O) groups is 2. The van der Waals surface area contributed by atoms with Gasteiger partial charge in [-0.1, -0.05) is 50.0 Å². The lowest BCUT2D eigenvalue weighted by Crippen LogP contribution is -2.50. The number of aromatic nitrogens is 3. The van der Waals surface area contributed by atoms with Crippen LogP contribution in [-0.2, 0) is 11.2 Å². The minimum atomic E-state index is -0.259. The van der Waals surface area contributed by atoms with Gasteiger partial charge in [-0.25, -0.2) is 9.67 Å². The smallest absolute Gasteiger partial charge is 0.293 e. The fraction of sp³-hybridized carbons (Fsp3) is 0.500. The van der Waals surface area contributed by atoms with Gasteiger partial charge in [0.2, 0.25) is 11.7 Å². The molecule has 1 N–H and O–H groups in total. The summed E-state index contributed by atoms with van der Waals surface area (Å²) in [7, 11) is 0. The van der Waals surface area contributed by atoms with Crippen LogP contribution in [0.5, 0.6) is 0 Å². The molecule has 29 heavy (non-hydrogen) atoms. The van der Waals surface area contributed by atoms with Crippen molar-refractivity contribution < 1.29 is 9.59 Å². The van der Waals surface area contributed by atoms with Crippen LogP contribution in [0.3, 0.4) is 0 Å². The molecule has 1 atom stereocenters. The molecular formula is C20H25Cl2N5O2. The van der Waals surface area contributed by atoms with Crippen LogP contribution in [0.25, 0.3) is 5.69 Å². The van der Waals surface area contributed by atoms with E-state index in [0.29, 0.717) is 41.1 Å². The zero-order valence-corrected chi connectivity index (χ0v) is 18.3. The number of benzene rings is 1. The summed E-state index contributed by atoms with van der Waals surface area (Å²) in [6.07, 6.45) is 2.22. The first kappa shape index (κ1) is 21.6. The number of hydrogen-bond donors (Lipinski definition) is 1.